The third-order valence-corrected chi connectivity index (χ3v) is 4.26. The van der Waals surface area contributed by atoms with Gasteiger partial charge in [0.05, 0.1) is 18.3 Å². The molecule has 0 saturated carbocycles. The summed E-state index contributed by atoms with van der Waals surface area (Å²) in [6, 6.07) is 25.9. The summed E-state index contributed by atoms with van der Waals surface area (Å²) in [5.41, 5.74) is 2.89. The van der Waals surface area contributed by atoms with Gasteiger partial charge in [-0.15, -0.1) is 0 Å². The topological polar surface area (TPSA) is 59.1 Å². The number of benzene rings is 3. The Morgan fingerprint density at radius 3 is 2.41 bits per heavy atom. The van der Waals surface area contributed by atoms with Gasteiger partial charge in [0, 0.05) is 11.9 Å². The van der Waals surface area contributed by atoms with Crippen LogP contribution in [0.5, 0.6) is 5.75 Å². The fourth-order valence-corrected chi connectivity index (χ4v) is 2.92. The maximum absolute atomic E-state index is 5.41. The van der Waals surface area contributed by atoms with Gasteiger partial charge in [0.15, 0.2) is 0 Å². The molecule has 0 spiro atoms. The fourth-order valence-electron chi connectivity index (χ4n) is 2.92. The normalized spacial score (nSPS) is 10.6. The summed E-state index contributed by atoms with van der Waals surface area (Å²) in [5, 5.41) is 7.69. The lowest BCUT2D eigenvalue weighted by Gasteiger charge is -2.13. The molecular formula is C22H20N4O. The van der Waals surface area contributed by atoms with Crippen LogP contribution < -0.4 is 15.4 Å². The van der Waals surface area contributed by atoms with Crippen LogP contribution in [0.1, 0.15) is 5.56 Å². The zero-order valence-corrected chi connectivity index (χ0v) is 15.0. The number of aromatic nitrogens is 2. The van der Waals surface area contributed by atoms with Crippen molar-refractivity contribution in [1.29, 1.82) is 0 Å². The third-order valence-electron chi connectivity index (χ3n) is 4.26. The number of nitrogens with one attached hydrogen (secondary N) is 2. The van der Waals surface area contributed by atoms with Gasteiger partial charge >= 0.3 is 0 Å². The summed E-state index contributed by atoms with van der Waals surface area (Å²) in [7, 11) is 1.65. The molecule has 134 valence electrons. The summed E-state index contributed by atoms with van der Waals surface area (Å²) in [6.07, 6.45) is 0. The Bertz CT molecular complexity index is 1050. The van der Waals surface area contributed by atoms with Crippen molar-refractivity contribution in [2.45, 2.75) is 6.54 Å². The molecule has 0 aliphatic rings. The van der Waals surface area contributed by atoms with Crippen molar-refractivity contribution in [2.24, 2.45) is 0 Å². The number of fused-ring (bicyclic) bond motifs is 1. The monoisotopic (exact) mass is 356 g/mol. The number of hydrogen-bond donors (Lipinski definition) is 2. The zero-order valence-electron chi connectivity index (χ0n) is 15.0. The van der Waals surface area contributed by atoms with Crippen LogP contribution in [0.3, 0.4) is 0 Å². The molecule has 0 aliphatic heterocycles. The van der Waals surface area contributed by atoms with E-state index in [4.69, 9.17) is 9.72 Å². The van der Waals surface area contributed by atoms with Crippen LogP contribution in [0.2, 0.25) is 0 Å². The van der Waals surface area contributed by atoms with Gasteiger partial charge in [-0.3, -0.25) is 0 Å². The first-order valence-electron chi connectivity index (χ1n) is 8.78. The predicted octanol–water partition coefficient (Wildman–Crippen LogP) is 4.99. The number of anilines is 3. The molecule has 0 atom stereocenters. The SMILES string of the molecule is COc1ccccc1Nc1nc(NCc2ccccc2)c2ccccc2n1. The Labute approximate surface area is 158 Å². The zero-order chi connectivity index (χ0) is 18.5. The van der Waals surface area contributed by atoms with Crippen LogP contribution in [-0.2, 0) is 6.54 Å². The maximum Gasteiger partial charge on any atom is 0.229 e. The van der Waals surface area contributed by atoms with Crippen molar-refractivity contribution in [3.8, 4) is 5.75 Å². The Balaban J connectivity index is 1.67. The number of rotatable bonds is 6. The first kappa shape index (κ1) is 16.8. The van der Waals surface area contributed by atoms with E-state index in [2.05, 4.69) is 27.8 Å². The van der Waals surface area contributed by atoms with Crippen LogP contribution >= 0.6 is 0 Å². The molecular weight excluding hydrogens is 336 g/mol. The number of nitrogens with zero attached hydrogens (tertiary/aromatic N) is 2. The van der Waals surface area contributed by atoms with Crippen LogP contribution in [0.15, 0.2) is 78.9 Å². The van der Waals surface area contributed by atoms with Crippen LogP contribution in [0.4, 0.5) is 17.5 Å². The lowest BCUT2D eigenvalue weighted by atomic mass is 10.2. The summed E-state index contributed by atoms with van der Waals surface area (Å²) in [5.74, 6) is 2.06. The van der Waals surface area contributed by atoms with E-state index in [1.165, 1.54) is 5.56 Å². The van der Waals surface area contributed by atoms with Crippen molar-refractivity contribution in [3.05, 3.63) is 84.4 Å². The molecule has 4 aromatic rings. The van der Waals surface area contributed by atoms with E-state index < -0.39 is 0 Å². The molecule has 2 N–H and O–H groups in total. The molecule has 5 nitrogen and oxygen atoms in total. The highest BCUT2D eigenvalue weighted by Crippen LogP contribution is 2.28. The molecule has 1 heterocycles. The summed E-state index contributed by atoms with van der Waals surface area (Å²) in [4.78, 5) is 9.34. The minimum Gasteiger partial charge on any atom is -0.495 e. The van der Waals surface area contributed by atoms with Gasteiger partial charge in [0.2, 0.25) is 5.95 Å². The first-order valence-corrected chi connectivity index (χ1v) is 8.78. The van der Waals surface area contributed by atoms with E-state index in [-0.39, 0.29) is 0 Å². The lowest BCUT2D eigenvalue weighted by Crippen LogP contribution is -2.06. The van der Waals surface area contributed by atoms with Crippen LogP contribution in [0, 0.1) is 0 Å². The van der Waals surface area contributed by atoms with Gasteiger partial charge in [0.1, 0.15) is 11.6 Å². The average Bonchev–Trinajstić information content (AvgIpc) is 2.73. The first-order chi connectivity index (χ1) is 13.3. The largest absolute Gasteiger partial charge is 0.495 e. The Morgan fingerprint density at radius 2 is 1.56 bits per heavy atom. The lowest BCUT2D eigenvalue weighted by molar-refractivity contribution is 0.417. The summed E-state index contributed by atoms with van der Waals surface area (Å²) in [6.45, 7) is 0.690. The highest BCUT2D eigenvalue weighted by Gasteiger charge is 2.09. The van der Waals surface area contributed by atoms with Gasteiger partial charge in [-0.2, -0.15) is 4.98 Å². The molecule has 0 fully saturated rings. The highest BCUT2D eigenvalue weighted by atomic mass is 16.5. The summed E-state index contributed by atoms with van der Waals surface area (Å²) >= 11 is 0. The molecule has 0 radical (unpaired) electrons. The van der Waals surface area contributed by atoms with Crippen molar-refractivity contribution in [1.82, 2.24) is 9.97 Å². The molecule has 0 aliphatic carbocycles. The Kier molecular flexibility index (Phi) is 4.83. The highest BCUT2D eigenvalue weighted by molar-refractivity contribution is 5.90. The molecule has 5 heteroatoms. The summed E-state index contributed by atoms with van der Waals surface area (Å²) < 4.78 is 5.41. The van der Waals surface area contributed by atoms with Gasteiger partial charge in [-0.05, 0) is 29.8 Å². The van der Waals surface area contributed by atoms with Crippen molar-refractivity contribution in [3.63, 3.8) is 0 Å². The van der Waals surface area contributed by atoms with Crippen molar-refractivity contribution < 1.29 is 4.74 Å². The smallest absolute Gasteiger partial charge is 0.229 e. The second-order valence-electron chi connectivity index (χ2n) is 6.08. The fraction of sp³-hybridized carbons (Fsp3) is 0.0909. The van der Waals surface area contributed by atoms with E-state index in [0.29, 0.717) is 12.5 Å². The number of methoxy groups -OCH3 is 1. The second-order valence-corrected chi connectivity index (χ2v) is 6.08. The van der Waals surface area contributed by atoms with E-state index in [0.717, 1.165) is 28.2 Å². The molecule has 27 heavy (non-hydrogen) atoms. The van der Waals surface area contributed by atoms with Crippen molar-refractivity contribution in [2.75, 3.05) is 17.7 Å². The standard InChI is InChI=1S/C22H20N4O/c1-27-20-14-8-7-13-19(20)25-22-24-18-12-6-5-11-17(18)21(26-22)23-15-16-9-3-2-4-10-16/h2-14H,15H2,1H3,(H2,23,24,25,26). The quantitative estimate of drug-likeness (QED) is 0.509. The number of ether oxygens (including phenoxy) is 1. The van der Waals surface area contributed by atoms with E-state index in [1.807, 2.05) is 66.7 Å². The Hall–Kier alpha value is -3.60. The minimum atomic E-state index is 0.522. The number of hydrogen-bond acceptors (Lipinski definition) is 5. The average molecular weight is 356 g/mol. The maximum atomic E-state index is 5.41. The predicted molar refractivity (Wildman–Crippen MR) is 110 cm³/mol. The Morgan fingerprint density at radius 1 is 0.815 bits per heavy atom. The number of para-hydroxylation sites is 3. The van der Waals surface area contributed by atoms with Gasteiger partial charge in [-0.1, -0.05) is 54.6 Å². The molecule has 4 rings (SSSR count). The molecule has 1 aromatic heterocycles. The van der Waals surface area contributed by atoms with Crippen LogP contribution in [-0.4, -0.2) is 17.1 Å². The molecule has 3 aromatic carbocycles. The van der Waals surface area contributed by atoms with Gasteiger partial charge in [-0.25, -0.2) is 4.98 Å². The van der Waals surface area contributed by atoms with E-state index in [9.17, 15) is 0 Å². The van der Waals surface area contributed by atoms with Gasteiger partial charge in [0.25, 0.3) is 0 Å². The van der Waals surface area contributed by atoms with E-state index >= 15 is 0 Å². The minimum absolute atomic E-state index is 0.522. The molecule has 0 unspecified atom stereocenters. The molecule has 0 saturated heterocycles. The van der Waals surface area contributed by atoms with Crippen LogP contribution in [0.25, 0.3) is 10.9 Å². The molecule has 0 amide bonds. The van der Waals surface area contributed by atoms with E-state index in [1.54, 1.807) is 7.11 Å². The van der Waals surface area contributed by atoms with Gasteiger partial charge < -0.3 is 15.4 Å². The van der Waals surface area contributed by atoms with Crippen molar-refractivity contribution >= 4 is 28.4 Å². The second kappa shape index (κ2) is 7.74. The third kappa shape index (κ3) is 3.82. The molecule has 0 bridgehead atoms.